The van der Waals surface area contributed by atoms with Crippen LogP contribution in [-0.4, -0.2) is 12.1 Å². The average molecular weight is 345 g/mol. The third-order valence-corrected chi connectivity index (χ3v) is 4.92. The van der Waals surface area contributed by atoms with Crippen molar-refractivity contribution in [2.45, 2.75) is 40.0 Å². The molecule has 0 atom stereocenters. The second-order valence-electron chi connectivity index (χ2n) is 7.17. The van der Waals surface area contributed by atoms with Crippen LogP contribution >= 0.6 is 0 Å². The normalized spacial score (nSPS) is 11.2. The zero-order valence-electron chi connectivity index (χ0n) is 16.4. The number of methoxy groups -OCH3 is 1. The van der Waals surface area contributed by atoms with Crippen molar-refractivity contribution in [3.63, 3.8) is 0 Å². The molecular formula is C24H27NO. The summed E-state index contributed by atoms with van der Waals surface area (Å²) in [5, 5.41) is 2.32. The lowest BCUT2D eigenvalue weighted by Crippen LogP contribution is -2.01. The first-order chi connectivity index (χ1) is 12.4. The Morgan fingerprint density at radius 3 is 2.50 bits per heavy atom. The number of aryl methyl sites for hydroxylation is 1. The number of rotatable bonds is 5. The number of fused-ring (bicyclic) bond motifs is 1. The van der Waals surface area contributed by atoms with Crippen molar-refractivity contribution in [3.05, 3.63) is 65.9 Å². The van der Waals surface area contributed by atoms with Gasteiger partial charge in [-0.1, -0.05) is 45.1 Å². The minimum atomic E-state index is 0.427. The van der Waals surface area contributed by atoms with E-state index in [0.717, 1.165) is 40.0 Å². The van der Waals surface area contributed by atoms with E-state index in [1.165, 1.54) is 16.5 Å². The van der Waals surface area contributed by atoms with E-state index in [2.05, 4.69) is 63.7 Å². The van der Waals surface area contributed by atoms with E-state index in [4.69, 9.17) is 9.72 Å². The number of ether oxygens (including phenoxy) is 1. The molecular weight excluding hydrogens is 318 g/mol. The van der Waals surface area contributed by atoms with Gasteiger partial charge in [-0.15, -0.1) is 0 Å². The summed E-state index contributed by atoms with van der Waals surface area (Å²) in [4.78, 5) is 4.70. The molecule has 0 saturated heterocycles. The Labute approximate surface area is 156 Å². The van der Waals surface area contributed by atoms with Crippen LogP contribution in [0.3, 0.4) is 0 Å². The minimum Gasteiger partial charge on any atom is -0.496 e. The largest absolute Gasteiger partial charge is 0.496 e. The van der Waals surface area contributed by atoms with Gasteiger partial charge in [0.15, 0.2) is 0 Å². The summed E-state index contributed by atoms with van der Waals surface area (Å²) in [6.45, 7) is 12.7. The van der Waals surface area contributed by atoms with Gasteiger partial charge in [0.25, 0.3) is 0 Å². The van der Waals surface area contributed by atoms with E-state index < -0.39 is 0 Å². The molecule has 0 aliphatic rings. The van der Waals surface area contributed by atoms with E-state index in [-0.39, 0.29) is 0 Å². The Kier molecular flexibility index (Phi) is 5.13. The molecule has 1 aromatic heterocycles. The van der Waals surface area contributed by atoms with Gasteiger partial charge in [0.05, 0.1) is 12.8 Å². The summed E-state index contributed by atoms with van der Waals surface area (Å²) in [5.74, 6) is 1.38. The molecule has 0 N–H and O–H groups in total. The summed E-state index contributed by atoms with van der Waals surface area (Å²) in [7, 11) is 1.75. The predicted octanol–water partition coefficient (Wildman–Crippen LogP) is 6.63. The van der Waals surface area contributed by atoms with E-state index in [1.54, 1.807) is 7.11 Å². The molecule has 2 nitrogen and oxygen atoms in total. The molecule has 26 heavy (non-hydrogen) atoms. The molecule has 2 aromatic carbocycles. The minimum absolute atomic E-state index is 0.427. The van der Waals surface area contributed by atoms with Crippen molar-refractivity contribution in [3.8, 4) is 17.0 Å². The highest BCUT2D eigenvalue weighted by atomic mass is 16.5. The zero-order chi connectivity index (χ0) is 18.8. The van der Waals surface area contributed by atoms with Gasteiger partial charge in [0.1, 0.15) is 5.75 Å². The standard InChI is InChI=1S/C24H27NO/c1-7-17-10-21(13-23(26-6)24(17)16(4)5)22-12-20-11-18(15(2)3)8-9-19(20)14-25-22/h8-14,16H,2,7H2,1,3-6H3. The number of hydrogen-bond donors (Lipinski definition) is 0. The molecule has 3 rings (SSSR count). The van der Waals surface area contributed by atoms with Crippen LogP contribution in [0.5, 0.6) is 5.75 Å². The predicted molar refractivity (Wildman–Crippen MR) is 112 cm³/mol. The molecule has 0 unspecified atom stereocenters. The maximum Gasteiger partial charge on any atom is 0.123 e. The third kappa shape index (κ3) is 3.37. The van der Waals surface area contributed by atoms with Gasteiger partial charge in [-0.05, 0) is 65.6 Å². The maximum atomic E-state index is 5.71. The van der Waals surface area contributed by atoms with Gasteiger partial charge in [-0.3, -0.25) is 4.98 Å². The molecule has 0 fully saturated rings. The molecule has 134 valence electrons. The molecule has 0 aliphatic carbocycles. The van der Waals surface area contributed by atoms with E-state index >= 15 is 0 Å². The molecule has 0 spiro atoms. The van der Waals surface area contributed by atoms with Crippen molar-refractivity contribution in [2.75, 3.05) is 7.11 Å². The summed E-state index contributed by atoms with van der Waals surface area (Å²) < 4.78 is 5.71. The second kappa shape index (κ2) is 7.33. The number of hydrogen-bond acceptors (Lipinski definition) is 2. The molecule has 0 bridgehead atoms. The maximum absolute atomic E-state index is 5.71. The monoisotopic (exact) mass is 345 g/mol. The second-order valence-corrected chi connectivity index (χ2v) is 7.17. The van der Waals surface area contributed by atoms with Crippen molar-refractivity contribution in [1.82, 2.24) is 4.98 Å². The Balaban J connectivity index is 2.17. The third-order valence-electron chi connectivity index (χ3n) is 4.92. The van der Waals surface area contributed by atoms with Crippen LogP contribution in [0.4, 0.5) is 0 Å². The smallest absolute Gasteiger partial charge is 0.123 e. The van der Waals surface area contributed by atoms with Gasteiger partial charge in [0.2, 0.25) is 0 Å². The van der Waals surface area contributed by atoms with Crippen LogP contribution in [0.25, 0.3) is 27.6 Å². The lowest BCUT2D eigenvalue weighted by molar-refractivity contribution is 0.407. The number of allylic oxidation sites excluding steroid dienone is 1. The Hall–Kier alpha value is -2.61. The Bertz CT molecular complexity index is 944. The fraction of sp³-hybridized carbons (Fsp3) is 0.292. The summed E-state index contributed by atoms with van der Waals surface area (Å²) in [6, 6.07) is 12.9. The SMILES string of the molecule is C=C(C)c1ccc2cnc(-c3cc(CC)c(C(C)C)c(OC)c3)cc2c1. The number of benzene rings is 2. The van der Waals surface area contributed by atoms with Crippen LogP contribution in [0.15, 0.2) is 49.2 Å². The van der Waals surface area contributed by atoms with E-state index in [0.29, 0.717) is 5.92 Å². The van der Waals surface area contributed by atoms with Gasteiger partial charge in [-0.2, -0.15) is 0 Å². The molecule has 1 heterocycles. The van der Waals surface area contributed by atoms with Crippen LogP contribution < -0.4 is 4.74 Å². The van der Waals surface area contributed by atoms with E-state index in [1.807, 2.05) is 13.1 Å². The highest BCUT2D eigenvalue weighted by Crippen LogP contribution is 2.35. The lowest BCUT2D eigenvalue weighted by Gasteiger charge is -2.18. The van der Waals surface area contributed by atoms with Crippen LogP contribution in [0.2, 0.25) is 0 Å². The van der Waals surface area contributed by atoms with Gasteiger partial charge in [-0.25, -0.2) is 0 Å². The molecule has 0 amide bonds. The molecule has 0 radical (unpaired) electrons. The highest BCUT2D eigenvalue weighted by molar-refractivity contribution is 5.88. The van der Waals surface area contributed by atoms with Gasteiger partial charge < -0.3 is 4.74 Å². The van der Waals surface area contributed by atoms with Crippen molar-refractivity contribution < 1.29 is 4.74 Å². The van der Waals surface area contributed by atoms with Crippen molar-refractivity contribution in [2.24, 2.45) is 0 Å². The summed E-state index contributed by atoms with van der Waals surface area (Å²) in [6.07, 6.45) is 2.92. The molecule has 3 aromatic rings. The average Bonchev–Trinajstić information content (AvgIpc) is 2.65. The Morgan fingerprint density at radius 1 is 1.12 bits per heavy atom. The fourth-order valence-electron chi connectivity index (χ4n) is 3.51. The zero-order valence-corrected chi connectivity index (χ0v) is 16.4. The number of pyridine rings is 1. The van der Waals surface area contributed by atoms with Crippen LogP contribution in [-0.2, 0) is 6.42 Å². The van der Waals surface area contributed by atoms with Crippen LogP contribution in [0.1, 0.15) is 50.3 Å². The lowest BCUT2D eigenvalue weighted by atomic mass is 9.91. The number of nitrogens with zero attached hydrogens (tertiary/aromatic N) is 1. The first-order valence-electron chi connectivity index (χ1n) is 9.21. The first kappa shape index (κ1) is 18.2. The quantitative estimate of drug-likeness (QED) is 0.518. The highest BCUT2D eigenvalue weighted by Gasteiger charge is 2.15. The summed E-state index contributed by atoms with van der Waals surface area (Å²) in [5.41, 5.74) is 6.93. The van der Waals surface area contributed by atoms with Gasteiger partial charge in [0, 0.05) is 17.1 Å². The van der Waals surface area contributed by atoms with E-state index in [9.17, 15) is 0 Å². The Morgan fingerprint density at radius 2 is 1.88 bits per heavy atom. The summed E-state index contributed by atoms with van der Waals surface area (Å²) >= 11 is 0. The molecule has 0 saturated carbocycles. The van der Waals surface area contributed by atoms with Gasteiger partial charge >= 0.3 is 0 Å². The van der Waals surface area contributed by atoms with Crippen LogP contribution in [0, 0.1) is 0 Å². The number of aromatic nitrogens is 1. The fourth-order valence-corrected chi connectivity index (χ4v) is 3.51. The molecule has 2 heteroatoms. The van der Waals surface area contributed by atoms with Crippen molar-refractivity contribution in [1.29, 1.82) is 0 Å². The molecule has 0 aliphatic heterocycles. The topological polar surface area (TPSA) is 22.1 Å². The first-order valence-corrected chi connectivity index (χ1v) is 9.21. The van der Waals surface area contributed by atoms with Crippen molar-refractivity contribution >= 4 is 16.3 Å².